The van der Waals surface area contributed by atoms with Crippen LogP contribution in [-0.4, -0.2) is 10.3 Å². The highest BCUT2D eigenvalue weighted by atomic mass is 79.9. The van der Waals surface area contributed by atoms with Gasteiger partial charge in [0.05, 0.1) is 5.52 Å². The molecule has 0 saturated carbocycles. The van der Waals surface area contributed by atoms with Gasteiger partial charge in [0.15, 0.2) is 0 Å². The van der Waals surface area contributed by atoms with Crippen LogP contribution >= 0.6 is 15.9 Å². The third-order valence-electron chi connectivity index (χ3n) is 2.91. The van der Waals surface area contributed by atoms with Crippen molar-refractivity contribution in [3.63, 3.8) is 0 Å². The highest BCUT2D eigenvalue weighted by Gasteiger charge is 2.21. The Morgan fingerprint density at radius 3 is 2.62 bits per heavy atom. The molecule has 2 aromatic rings. The summed E-state index contributed by atoms with van der Waals surface area (Å²) in [6, 6.07) is 10.5. The molecule has 0 unspecified atom stereocenters. The SMILES string of the molecule is Cc1cc(C(C)(C)CBr)c2ccccc2n1. The zero-order chi connectivity index (χ0) is 11.8. The van der Waals surface area contributed by atoms with Crippen molar-refractivity contribution in [2.24, 2.45) is 0 Å². The second kappa shape index (κ2) is 4.17. The summed E-state index contributed by atoms with van der Waals surface area (Å²) in [6.45, 7) is 6.56. The molecule has 1 nitrogen and oxygen atoms in total. The van der Waals surface area contributed by atoms with E-state index in [-0.39, 0.29) is 5.41 Å². The number of para-hydroxylation sites is 1. The van der Waals surface area contributed by atoms with Crippen LogP contribution in [0.15, 0.2) is 30.3 Å². The van der Waals surface area contributed by atoms with Gasteiger partial charge in [0.2, 0.25) is 0 Å². The molecule has 0 N–H and O–H groups in total. The summed E-state index contributed by atoms with van der Waals surface area (Å²) in [5.74, 6) is 0. The van der Waals surface area contributed by atoms with E-state index < -0.39 is 0 Å². The summed E-state index contributed by atoms with van der Waals surface area (Å²) in [7, 11) is 0. The van der Waals surface area contributed by atoms with Gasteiger partial charge in [0.1, 0.15) is 0 Å². The molecular formula is C14H16BrN. The molecule has 0 atom stereocenters. The lowest BCUT2D eigenvalue weighted by Crippen LogP contribution is -2.19. The summed E-state index contributed by atoms with van der Waals surface area (Å²) >= 11 is 3.60. The van der Waals surface area contributed by atoms with Crippen molar-refractivity contribution < 1.29 is 0 Å². The van der Waals surface area contributed by atoms with E-state index in [9.17, 15) is 0 Å². The highest BCUT2D eigenvalue weighted by molar-refractivity contribution is 9.09. The summed E-state index contributed by atoms with van der Waals surface area (Å²) in [4.78, 5) is 4.57. The Morgan fingerprint density at radius 2 is 1.94 bits per heavy atom. The van der Waals surface area contributed by atoms with Crippen LogP contribution < -0.4 is 0 Å². The third-order valence-corrected chi connectivity index (χ3v) is 4.31. The first-order valence-corrected chi connectivity index (χ1v) is 6.59. The van der Waals surface area contributed by atoms with Crippen LogP contribution in [0.4, 0.5) is 0 Å². The fourth-order valence-electron chi connectivity index (χ4n) is 1.94. The number of hydrogen-bond acceptors (Lipinski definition) is 1. The molecule has 0 spiro atoms. The third kappa shape index (κ3) is 1.99. The van der Waals surface area contributed by atoms with Gasteiger partial charge in [-0.2, -0.15) is 0 Å². The van der Waals surface area contributed by atoms with Crippen molar-refractivity contribution in [3.05, 3.63) is 41.6 Å². The van der Waals surface area contributed by atoms with E-state index in [2.05, 4.69) is 66.0 Å². The van der Waals surface area contributed by atoms with Crippen LogP contribution in [0.3, 0.4) is 0 Å². The minimum absolute atomic E-state index is 0.132. The van der Waals surface area contributed by atoms with E-state index in [1.165, 1.54) is 10.9 Å². The number of benzene rings is 1. The molecule has 16 heavy (non-hydrogen) atoms. The van der Waals surface area contributed by atoms with Crippen molar-refractivity contribution in [2.75, 3.05) is 5.33 Å². The van der Waals surface area contributed by atoms with Crippen LogP contribution in [-0.2, 0) is 5.41 Å². The Hall–Kier alpha value is -0.890. The smallest absolute Gasteiger partial charge is 0.0708 e. The molecule has 2 rings (SSSR count). The lowest BCUT2D eigenvalue weighted by Gasteiger charge is -2.24. The molecule has 0 radical (unpaired) electrons. The van der Waals surface area contributed by atoms with Gasteiger partial charge in [-0.1, -0.05) is 48.0 Å². The van der Waals surface area contributed by atoms with Gasteiger partial charge in [-0.3, -0.25) is 4.98 Å². The predicted molar refractivity (Wildman–Crippen MR) is 73.3 cm³/mol. The number of alkyl halides is 1. The number of aryl methyl sites for hydroxylation is 1. The number of rotatable bonds is 2. The minimum atomic E-state index is 0.132. The Morgan fingerprint density at radius 1 is 1.25 bits per heavy atom. The zero-order valence-corrected chi connectivity index (χ0v) is 11.5. The van der Waals surface area contributed by atoms with E-state index >= 15 is 0 Å². The first kappa shape index (κ1) is 11.6. The number of pyridine rings is 1. The van der Waals surface area contributed by atoms with Gasteiger partial charge in [-0.05, 0) is 24.6 Å². The number of aromatic nitrogens is 1. The Labute approximate surface area is 105 Å². The minimum Gasteiger partial charge on any atom is -0.253 e. The molecule has 1 aromatic carbocycles. The molecule has 1 aromatic heterocycles. The van der Waals surface area contributed by atoms with Crippen molar-refractivity contribution in [3.8, 4) is 0 Å². The molecule has 0 aliphatic rings. The molecule has 0 fully saturated rings. The standard InChI is InChI=1S/C14H16BrN/c1-10-8-12(14(2,3)9-15)11-6-4-5-7-13(11)16-10/h4-8H,9H2,1-3H3. The van der Waals surface area contributed by atoms with Crippen molar-refractivity contribution >= 4 is 26.8 Å². The second-order valence-electron chi connectivity index (χ2n) is 4.85. The van der Waals surface area contributed by atoms with Crippen LogP contribution in [0.25, 0.3) is 10.9 Å². The van der Waals surface area contributed by atoms with Crippen LogP contribution in [0, 0.1) is 6.92 Å². The summed E-state index contributed by atoms with van der Waals surface area (Å²) in [6.07, 6.45) is 0. The number of nitrogens with zero attached hydrogens (tertiary/aromatic N) is 1. The van der Waals surface area contributed by atoms with Crippen LogP contribution in [0.2, 0.25) is 0 Å². The summed E-state index contributed by atoms with van der Waals surface area (Å²) < 4.78 is 0. The zero-order valence-electron chi connectivity index (χ0n) is 9.92. The molecule has 84 valence electrons. The van der Waals surface area contributed by atoms with Gasteiger partial charge >= 0.3 is 0 Å². The van der Waals surface area contributed by atoms with Gasteiger partial charge in [0.25, 0.3) is 0 Å². The molecule has 0 bridgehead atoms. The van der Waals surface area contributed by atoms with E-state index in [1.54, 1.807) is 0 Å². The first-order valence-electron chi connectivity index (χ1n) is 5.47. The predicted octanol–water partition coefficient (Wildman–Crippen LogP) is 4.22. The lowest BCUT2D eigenvalue weighted by atomic mass is 9.84. The van der Waals surface area contributed by atoms with Gasteiger partial charge in [-0.25, -0.2) is 0 Å². The highest BCUT2D eigenvalue weighted by Crippen LogP contribution is 2.31. The second-order valence-corrected chi connectivity index (χ2v) is 5.41. The van der Waals surface area contributed by atoms with E-state index in [1.807, 2.05) is 6.07 Å². The quantitative estimate of drug-likeness (QED) is 0.750. The molecule has 2 heteroatoms. The fraction of sp³-hybridized carbons (Fsp3) is 0.357. The summed E-state index contributed by atoms with van der Waals surface area (Å²) in [5, 5.41) is 2.21. The van der Waals surface area contributed by atoms with Crippen LogP contribution in [0.1, 0.15) is 25.1 Å². The average Bonchev–Trinajstić information content (AvgIpc) is 2.28. The van der Waals surface area contributed by atoms with Crippen LogP contribution in [0.5, 0.6) is 0 Å². The lowest BCUT2D eigenvalue weighted by molar-refractivity contribution is 0.611. The topological polar surface area (TPSA) is 12.9 Å². The van der Waals surface area contributed by atoms with Gasteiger partial charge in [0, 0.05) is 21.8 Å². The van der Waals surface area contributed by atoms with Crippen molar-refractivity contribution in [1.82, 2.24) is 4.98 Å². The average molecular weight is 278 g/mol. The van der Waals surface area contributed by atoms with E-state index in [4.69, 9.17) is 0 Å². The van der Waals surface area contributed by atoms with E-state index in [0.29, 0.717) is 0 Å². The van der Waals surface area contributed by atoms with Gasteiger partial charge in [-0.15, -0.1) is 0 Å². The van der Waals surface area contributed by atoms with Crippen molar-refractivity contribution in [2.45, 2.75) is 26.2 Å². The van der Waals surface area contributed by atoms with Crippen molar-refractivity contribution in [1.29, 1.82) is 0 Å². The maximum absolute atomic E-state index is 4.57. The molecule has 0 aliphatic heterocycles. The Bertz CT molecular complexity index is 517. The largest absolute Gasteiger partial charge is 0.253 e. The molecule has 0 amide bonds. The number of fused-ring (bicyclic) bond motifs is 1. The maximum Gasteiger partial charge on any atom is 0.0708 e. The molecule has 0 saturated heterocycles. The molecule has 1 heterocycles. The normalized spacial score (nSPS) is 12.0. The monoisotopic (exact) mass is 277 g/mol. The Kier molecular flexibility index (Phi) is 3.02. The fourth-order valence-corrected chi connectivity index (χ4v) is 2.24. The number of hydrogen-bond donors (Lipinski definition) is 0. The summed E-state index contributed by atoms with van der Waals surface area (Å²) in [5.41, 5.74) is 3.68. The maximum atomic E-state index is 4.57. The van der Waals surface area contributed by atoms with Gasteiger partial charge < -0.3 is 0 Å². The first-order chi connectivity index (χ1) is 7.54. The molecule has 0 aliphatic carbocycles. The molecular weight excluding hydrogens is 262 g/mol. The number of halogens is 1. The Balaban J connectivity index is 2.77. The van der Waals surface area contributed by atoms with E-state index in [0.717, 1.165) is 16.5 Å².